The maximum Gasteiger partial charge on any atom is 0.261 e. The van der Waals surface area contributed by atoms with Crippen LogP contribution in [0.4, 0.5) is 8.78 Å². The number of nitrogens with two attached hydrogens (primary N) is 1. The lowest BCUT2D eigenvalue weighted by molar-refractivity contribution is 0.0152. The Labute approximate surface area is 122 Å². The van der Waals surface area contributed by atoms with E-state index >= 15 is 0 Å². The second-order valence-electron chi connectivity index (χ2n) is 4.98. The number of imidazole rings is 1. The summed E-state index contributed by atoms with van der Waals surface area (Å²) < 4.78 is 30.9. The van der Waals surface area contributed by atoms with Crippen LogP contribution in [0.5, 0.6) is 0 Å². The third-order valence-corrected chi connectivity index (χ3v) is 3.37. The third-order valence-electron chi connectivity index (χ3n) is 3.37. The van der Waals surface area contributed by atoms with Gasteiger partial charge in [-0.25, -0.2) is 13.8 Å². The van der Waals surface area contributed by atoms with Crippen LogP contribution < -0.4 is 5.73 Å². The molecule has 0 aliphatic heterocycles. The Bertz CT molecular complexity index is 571. The number of benzene rings is 1. The minimum atomic E-state index is -2.43. The van der Waals surface area contributed by atoms with Crippen molar-refractivity contribution in [3.8, 4) is 0 Å². The van der Waals surface area contributed by atoms with E-state index in [0.29, 0.717) is 12.8 Å². The van der Waals surface area contributed by atoms with Crippen molar-refractivity contribution in [2.45, 2.75) is 38.8 Å². The zero-order valence-electron chi connectivity index (χ0n) is 12.1. The highest BCUT2D eigenvalue weighted by atomic mass is 19.3. The summed E-state index contributed by atoms with van der Waals surface area (Å²) in [4.78, 5) is 4.60. The van der Waals surface area contributed by atoms with E-state index in [4.69, 9.17) is 10.5 Å². The molecule has 0 aliphatic rings. The maximum absolute atomic E-state index is 12.0. The normalized spacial score (nSPS) is 13.2. The SMILES string of the molecule is CCn1c(CC(N)CCOCC(F)F)nc2ccccc21. The monoisotopic (exact) mass is 297 g/mol. The first-order chi connectivity index (χ1) is 10.1. The lowest BCUT2D eigenvalue weighted by Crippen LogP contribution is -2.26. The number of para-hydroxylation sites is 2. The zero-order chi connectivity index (χ0) is 15.2. The molecule has 1 heterocycles. The predicted octanol–water partition coefficient (Wildman–Crippen LogP) is 2.60. The van der Waals surface area contributed by atoms with Gasteiger partial charge in [0.2, 0.25) is 0 Å². The van der Waals surface area contributed by atoms with E-state index in [-0.39, 0.29) is 12.6 Å². The number of hydrogen-bond acceptors (Lipinski definition) is 3. The molecule has 0 spiro atoms. The molecule has 1 atom stereocenters. The second kappa shape index (κ2) is 7.47. The lowest BCUT2D eigenvalue weighted by atomic mass is 10.1. The number of aromatic nitrogens is 2. The average molecular weight is 297 g/mol. The van der Waals surface area contributed by atoms with Crippen molar-refractivity contribution >= 4 is 11.0 Å². The molecule has 4 nitrogen and oxygen atoms in total. The second-order valence-corrected chi connectivity index (χ2v) is 4.98. The summed E-state index contributed by atoms with van der Waals surface area (Å²) in [5.74, 6) is 0.931. The Morgan fingerprint density at radius 2 is 2.10 bits per heavy atom. The molecule has 1 unspecified atom stereocenters. The molecule has 0 amide bonds. The van der Waals surface area contributed by atoms with Gasteiger partial charge in [-0.3, -0.25) is 0 Å². The molecule has 2 aromatic rings. The van der Waals surface area contributed by atoms with E-state index in [2.05, 4.69) is 16.5 Å². The minimum absolute atomic E-state index is 0.148. The van der Waals surface area contributed by atoms with Crippen LogP contribution in [-0.4, -0.2) is 35.2 Å². The molecule has 0 radical (unpaired) electrons. The first kappa shape index (κ1) is 15.9. The summed E-state index contributed by atoms with van der Waals surface area (Å²) in [6.45, 7) is 2.61. The van der Waals surface area contributed by atoms with Gasteiger partial charge in [-0.05, 0) is 25.5 Å². The van der Waals surface area contributed by atoms with Crippen molar-refractivity contribution in [1.29, 1.82) is 0 Å². The Morgan fingerprint density at radius 3 is 2.81 bits per heavy atom. The Kier molecular flexibility index (Phi) is 5.64. The lowest BCUT2D eigenvalue weighted by Gasteiger charge is -2.12. The molecule has 1 aromatic heterocycles. The van der Waals surface area contributed by atoms with Gasteiger partial charge >= 0.3 is 0 Å². The molecule has 1 aromatic carbocycles. The van der Waals surface area contributed by atoms with Gasteiger partial charge in [0.15, 0.2) is 0 Å². The van der Waals surface area contributed by atoms with Crippen molar-refractivity contribution in [2.75, 3.05) is 13.2 Å². The molecule has 0 saturated heterocycles. The van der Waals surface area contributed by atoms with Gasteiger partial charge in [0, 0.05) is 25.6 Å². The quantitative estimate of drug-likeness (QED) is 0.762. The van der Waals surface area contributed by atoms with Crippen molar-refractivity contribution in [3.05, 3.63) is 30.1 Å². The Balaban J connectivity index is 1.95. The van der Waals surface area contributed by atoms with E-state index in [1.165, 1.54) is 0 Å². The summed E-state index contributed by atoms with van der Waals surface area (Å²) in [5.41, 5.74) is 8.10. The highest BCUT2D eigenvalue weighted by molar-refractivity contribution is 5.75. The van der Waals surface area contributed by atoms with Crippen molar-refractivity contribution < 1.29 is 13.5 Å². The number of hydrogen-bond donors (Lipinski definition) is 1. The van der Waals surface area contributed by atoms with Crippen LogP contribution in [0, 0.1) is 0 Å². The number of ether oxygens (including phenoxy) is 1. The van der Waals surface area contributed by atoms with E-state index in [1.54, 1.807) is 0 Å². The van der Waals surface area contributed by atoms with Crippen LogP contribution >= 0.6 is 0 Å². The first-order valence-corrected chi connectivity index (χ1v) is 7.17. The van der Waals surface area contributed by atoms with E-state index in [1.807, 2.05) is 24.3 Å². The highest BCUT2D eigenvalue weighted by Gasteiger charge is 2.13. The van der Waals surface area contributed by atoms with Crippen LogP contribution in [-0.2, 0) is 17.7 Å². The van der Waals surface area contributed by atoms with Crippen LogP contribution in [0.15, 0.2) is 24.3 Å². The van der Waals surface area contributed by atoms with Crippen molar-refractivity contribution in [3.63, 3.8) is 0 Å². The summed E-state index contributed by atoms with van der Waals surface area (Å²) in [6, 6.07) is 7.80. The molecule has 2 N–H and O–H groups in total. The fourth-order valence-electron chi connectivity index (χ4n) is 2.38. The number of alkyl halides is 2. The van der Waals surface area contributed by atoms with Gasteiger partial charge < -0.3 is 15.0 Å². The highest BCUT2D eigenvalue weighted by Crippen LogP contribution is 2.17. The molecular formula is C15H21F2N3O. The molecular weight excluding hydrogens is 276 g/mol. The van der Waals surface area contributed by atoms with Crippen molar-refractivity contribution in [1.82, 2.24) is 9.55 Å². The molecule has 0 bridgehead atoms. The number of aryl methyl sites for hydroxylation is 1. The summed E-state index contributed by atoms with van der Waals surface area (Å²) >= 11 is 0. The smallest absolute Gasteiger partial charge is 0.261 e. The van der Waals surface area contributed by atoms with Crippen molar-refractivity contribution in [2.24, 2.45) is 5.73 Å². The molecule has 0 saturated carbocycles. The predicted molar refractivity (Wildman–Crippen MR) is 78.5 cm³/mol. The van der Waals surface area contributed by atoms with E-state index < -0.39 is 13.0 Å². The fraction of sp³-hybridized carbons (Fsp3) is 0.533. The largest absolute Gasteiger partial charge is 0.375 e. The number of rotatable bonds is 8. The van der Waals surface area contributed by atoms with Crippen LogP contribution in [0.1, 0.15) is 19.2 Å². The molecule has 0 fully saturated rings. The standard InChI is InChI=1S/C15H21F2N3O/c1-2-20-13-6-4-3-5-12(13)19-15(20)9-11(18)7-8-21-10-14(16)17/h3-6,11,14H,2,7-10,18H2,1H3. The van der Waals surface area contributed by atoms with Crippen LogP contribution in [0.2, 0.25) is 0 Å². The van der Waals surface area contributed by atoms with Gasteiger partial charge in [-0.15, -0.1) is 0 Å². The Morgan fingerprint density at radius 1 is 1.33 bits per heavy atom. The first-order valence-electron chi connectivity index (χ1n) is 7.17. The van der Waals surface area contributed by atoms with Gasteiger partial charge in [0.25, 0.3) is 6.43 Å². The minimum Gasteiger partial charge on any atom is -0.375 e. The van der Waals surface area contributed by atoms with Gasteiger partial charge in [-0.1, -0.05) is 12.1 Å². The topological polar surface area (TPSA) is 53.1 Å². The molecule has 2 rings (SSSR count). The molecule has 0 aliphatic carbocycles. The van der Waals surface area contributed by atoms with Crippen LogP contribution in [0.3, 0.4) is 0 Å². The summed E-state index contributed by atoms with van der Waals surface area (Å²) in [6.07, 6.45) is -1.27. The van der Waals surface area contributed by atoms with Crippen LogP contribution in [0.25, 0.3) is 11.0 Å². The molecule has 6 heteroatoms. The fourth-order valence-corrected chi connectivity index (χ4v) is 2.38. The van der Waals surface area contributed by atoms with Gasteiger partial charge in [0.1, 0.15) is 12.4 Å². The number of nitrogens with zero attached hydrogens (tertiary/aromatic N) is 2. The van der Waals surface area contributed by atoms with Gasteiger partial charge in [-0.2, -0.15) is 0 Å². The third kappa shape index (κ3) is 4.22. The zero-order valence-corrected chi connectivity index (χ0v) is 12.1. The number of fused-ring (bicyclic) bond motifs is 1. The van der Waals surface area contributed by atoms with E-state index in [0.717, 1.165) is 23.4 Å². The number of halogens is 2. The maximum atomic E-state index is 12.0. The molecule has 116 valence electrons. The summed E-state index contributed by atoms with van der Waals surface area (Å²) in [7, 11) is 0. The van der Waals surface area contributed by atoms with Gasteiger partial charge in [0.05, 0.1) is 11.0 Å². The van der Waals surface area contributed by atoms with E-state index in [9.17, 15) is 8.78 Å². The average Bonchev–Trinajstić information content (AvgIpc) is 2.80. The summed E-state index contributed by atoms with van der Waals surface area (Å²) in [5, 5.41) is 0. The Hall–Kier alpha value is -1.53. The molecule has 21 heavy (non-hydrogen) atoms.